The fraction of sp³-hybridized carbons (Fsp3) is 0.238. The normalized spacial score (nSPS) is 13.1. The van der Waals surface area contributed by atoms with Crippen LogP contribution >= 0.6 is 0 Å². The minimum atomic E-state index is -0.334. The number of rotatable bonds is 6. The summed E-state index contributed by atoms with van der Waals surface area (Å²) in [6.45, 7) is 2.19. The molecule has 0 unspecified atom stereocenters. The van der Waals surface area contributed by atoms with Crippen LogP contribution in [0.25, 0.3) is 5.69 Å². The van der Waals surface area contributed by atoms with Gasteiger partial charge in [-0.3, -0.25) is 14.6 Å². The number of anilines is 1. The maximum absolute atomic E-state index is 12.5. The van der Waals surface area contributed by atoms with Crippen LogP contribution in [0, 0.1) is 6.92 Å². The molecule has 0 atom stereocenters. The molecule has 0 saturated heterocycles. The van der Waals surface area contributed by atoms with Crippen molar-refractivity contribution in [3.8, 4) is 5.69 Å². The molecule has 0 bridgehead atoms. The molecule has 1 saturated carbocycles. The lowest BCUT2D eigenvalue weighted by molar-refractivity contribution is 0.0942. The van der Waals surface area contributed by atoms with Gasteiger partial charge in [-0.1, -0.05) is 12.1 Å². The Kier molecular flexibility index (Phi) is 4.99. The molecule has 3 aromatic rings. The van der Waals surface area contributed by atoms with Gasteiger partial charge < -0.3 is 16.4 Å². The molecule has 4 N–H and O–H groups in total. The summed E-state index contributed by atoms with van der Waals surface area (Å²) in [5, 5.41) is 10.0. The lowest BCUT2D eigenvalue weighted by atomic mass is 10.1. The summed E-state index contributed by atoms with van der Waals surface area (Å²) in [6, 6.07) is 11.1. The minimum Gasteiger partial charge on any atom is -0.383 e. The van der Waals surface area contributed by atoms with Gasteiger partial charge in [-0.25, -0.2) is 4.68 Å². The van der Waals surface area contributed by atoms with E-state index < -0.39 is 0 Å². The van der Waals surface area contributed by atoms with E-state index in [4.69, 9.17) is 5.73 Å². The fourth-order valence-electron chi connectivity index (χ4n) is 2.97. The zero-order chi connectivity index (χ0) is 20.4. The van der Waals surface area contributed by atoms with Crippen LogP contribution in [0.1, 0.15) is 44.8 Å². The highest BCUT2D eigenvalue weighted by Crippen LogP contribution is 2.23. The topological polar surface area (TPSA) is 115 Å². The molecule has 0 aliphatic heterocycles. The van der Waals surface area contributed by atoms with Crippen molar-refractivity contribution in [2.45, 2.75) is 32.4 Å². The molecule has 1 fully saturated rings. The zero-order valence-corrected chi connectivity index (χ0v) is 16.1. The van der Waals surface area contributed by atoms with E-state index in [1.165, 1.54) is 10.9 Å². The number of carbonyl (C=O) groups excluding carboxylic acids is 2. The van der Waals surface area contributed by atoms with Crippen molar-refractivity contribution >= 4 is 17.6 Å². The molecule has 8 nitrogen and oxygen atoms in total. The Labute approximate surface area is 168 Å². The Morgan fingerprint density at radius 3 is 2.76 bits per heavy atom. The number of aromatic nitrogens is 3. The Bertz CT molecular complexity index is 1060. The van der Waals surface area contributed by atoms with Gasteiger partial charge >= 0.3 is 0 Å². The van der Waals surface area contributed by atoms with Gasteiger partial charge in [-0.15, -0.1) is 0 Å². The smallest absolute Gasteiger partial charge is 0.256 e. The number of nitrogens with one attached hydrogen (secondary N) is 2. The van der Waals surface area contributed by atoms with Crippen LogP contribution in [0.2, 0.25) is 0 Å². The van der Waals surface area contributed by atoms with Crippen molar-refractivity contribution in [1.29, 1.82) is 0 Å². The van der Waals surface area contributed by atoms with E-state index in [1.54, 1.807) is 18.3 Å². The van der Waals surface area contributed by atoms with Gasteiger partial charge in [0.2, 0.25) is 0 Å². The molecule has 1 aliphatic rings. The number of pyridine rings is 1. The van der Waals surface area contributed by atoms with Crippen molar-refractivity contribution in [2.75, 3.05) is 5.73 Å². The van der Waals surface area contributed by atoms with Gasteiger partial charge in [0.05, 0.1) is 24.1 Å². The van der Waals surface area contributed by atoms with Crippen LogP contribution in [-0.2, 0) is 6.54 Å². The predicted octanol–water partition coefficient (Wildman–Crippen LogP) is 1.98. The van der Waals surface area contributed by atoms with E-state index >= 15 is 0 Å². The van der Waals surface area contributed by atoms with Gasteiger partial charge in [-0.2, -0.15) is 5.10 Å². The number of hydrogen-bond acceptors (Lipinski definition) is 5. The van der Waals surface area contributed by atoms with E-state index in [0.29, 0.717) is 17.8 Å². The predicted molar refractivity (Wildman–Crippen MR) is 109 cm³/mol. The van der Waals surface area contributed by atoms with Crippen LogP contribution in [0.4, 0.5) is 5.82 Å². The van der Waals surface area contributed by atoms with Crippen molar-refractivity contribution in [1.82, 2.24) is 25.4 Å². The molecule has 1 aromatic carbocycles. The summed E-state index contributed by atoms with van der Waals surface area (Å²) in [6.07, 6.45) is 5.14. The second-order valence-electron chi connectivity index (χ2n) is 7.11. The Morgan fingerprint density at radius 1 is 1.21 bits per heavy atom. The first-order chi connectivity index (χ1) is 14.0. The molecular formula is C21H22N6O2. The van der Waals surface area contributed by atoms with E-state index in [1.807, 2.05) is 31.2 Å². The third kappa shape index (κ3) is 4.11. The first-order valence-electron chi connectivity index (χ1n) is 9.46. The number of nitrogen functional groups attached to an aromatic ring is 1. The van der Waals surface area contributed by atoms with Crippen LogP contribution in [-0.4, -0.2) is 32.6 Å². The van der Waals surface area contributed by atoms with Gasteiger partial charge in [0.1, 0.15) is 11.4 Å². The Morgan fingerprint density at radius 2 is 2.03 bits per heavy atom. The Balaban J connectivity index is 1.54. The SMILES string of the molecule is Cc1ccc(C(=O)NC2CC2)cc1-n1ncc(C(=O)NCc2ccccn2)c1N. The molecule has 8 heteroatoms. The van der Waals surface area contributed by atoms with Gasteiger partial charge in [0.15, 0.2) is 0 Å². The quantitative estimate of drug-likeness (QED) is 0.595. The van der Waals surface area contributed by atoms with E-state index in [9.17, 15) is 9.59 Å². The van der Waals surface area contributed by atoms with Gasteiger partial charge in [-0.05, 0) is 49.6 Å². The highest BCUT2D eigenvalue weighted by Gasteiger charge is 2.24. The molecule has 148 valence electrons. The van der Waals surface area contributed by atoms with E-state index in [-0.39, 0.29) is 29.2 Å². The van der Waals surface area contributed by atoms with Gasteiger partial charge in [0.25, 0.3) is 11.8 Å². The summed E-state index contributed by atoms with van der Waals surface area (Å²) in [5.74, 6) is -0.237. The monoisotopic (exact) mass is 390 g/mol. The second kappa shape index (κ2) is 7.75. The molecule has 2 amide bonds. The van der Waals surface area contributed by atoms with Crippen LogP contribution in [0.3, 0.4) is 0 Å². The third-order valence-corrected chi connectivity index (χ3v) is 4.82. The summed E-state index contributed by atoms with van der Waals surface area (Å²) in [4.78, 5) is 29.1. The number of aryl methyl sites for hydroxylation is 1. The third-order valence-electron chi connectivity index (χ3n) is 4.82. The fourth-order valence-corrected chi connectivity index (χ4v) is 2.97. The van der Waals surface area contributed by atoms with E-state index in [2.05, 4.69) is 20.7 Å². The maximum atomic E-state index is 12.5. The molecule has 4 rings (SSSR count). The first kappa shape index (κ1) is 18.7. The maximum Gasteiger partial charge on any atom is 0.256 e. The summed E-state index contributed by atoms with van der Waals surface area (Å²) in [7, 11) is 0. The molecule has 0 radical (unpaired) electrons. The molecular weight excluding hydrogens is 368 g/mol. The molecule has 2 aromatic heterocycles. The zero-order valence-electron chi connectivity index (χ0n) is 16.1. The van der Waals surface area contributed by atoms with Crippen molar-refractivity contribution in [3.63, 3.8) is 0 Å². The summed E-state index contributed by atoms with van der Waals surface area (Å²) >= 11 is 0. The van der Waals surface area contributed by atoms with Crippen LogP contribution in [0.15, 0.2) is 48.8 Å². The molecule has 0 spiro atoms. The number of hydrogen-bond donors (Lipinski definition) is 3. The highest BCUT2D eigenvalue weighted by molar-refractivity contribution is 5.98. The standard InChI is InChI=1S/C21H22N6O2/c1-13-5-6-14(20(28)26-15-7-8-15)10-18(13)27-19(22)17(12-25-27)21(29)24-11-16-4-2-3-9-23-16/h2-6,9-10,12,15H,7-8,11,22H2,1H3,(H,24,29)(H,26,28). The van der Waals surface area contributed by atoms with Crippen molar-refractivity contribution < 1.29 is 9.59 Å². The summed E-state index contributed by atoms with van der Waals surface area (Å²) < 4.78 is 1.49. The summed E-state index contributed by atoms with van der Waals surface area (Å²) in [5.41, 5.74) is 9.32. The number of amides is 2. The highest BCUT2D eigenvalue weighted by atomic mass is 16.2. The number of carbonyl (C=O) groups is 2. The van der Waals surface area contributed by atoms with Crippen LogP contribution < -0.4 is 16.4 Å². The van der Waals surface area contributed by atoms with Gasteiger partial charge in [0, 0.05) is 17.8 Å². The molecule has 1 aliphatic carbocycles. The average molecular weight is 390 g/mol. The second-order valence-corrected chi connectivity index (χ2v) is 7.11. The largest absolute Gasteiger partial charge is 0.383 e. The van der Waals surface area contributed by atoms with E-state index in [0.717, 1.165) is 24.1 Å². The molecule has 29 heavy (non-hydrogen) atoms. The first-order valence-corrected chi connectivity index (χ1v) is 9.46. The lowest BCUT2D eigenvalue weighted by Gasteiger charge is -2.11. The average Bonchev–Trinajstić information content (AvgIpc) is 3.46. The van der Waals surface area contributed by atoms with Crippen molar-refractivity contribution in [2.24, 2.45) is 0 Å². The van der Waals surface area contributed by atoms with Crippen LogP contribution in [0.5, 0.6) is 0 Å². The Hall–Kier alpha value is -3.68. The van der Waals surface area contributed by atoms with Crippen molar-refractivity contribution in [3.05, 3.63) is 71.2 Å². The number of nitrogens with zero attached hydrogens (tertiary/aromatic N) is 3. The molecule has 2 heterocycles. The number of benzene rings is 1. The lowest BCUT2D eigenvalue weighted by Crippen LogP contribution is -2.25. The number of nitrogens with two attached hydrogens (primary N) is 1. The minimum absolute atomic E-state index is 0.118.